The zero-order valence-electron chi connectivity index (χ0n) is 7.73. The fraction of sp³-hybridized carbons (Fsp3) is 0.0909. The quantitative estimate of drug-likeness (QED) is 0.721. The lowest BCUT2D eigenvalue weighted by molar-refractivity contribution is -0.114. The molecule has 0 radical (unpaired) electrons. The lowest BCUT2D eigenvalue weighted by Gasteiger charge is -2.12. The van der Waals surface area contributed by atoms with Gasteiger partial charge in [-0.15, -0.1) is 0 Å². The van der Waals surface area contributed by atoms with E-state index in [1.807, 2.05) is 0 Å². The van der Waals surface area contributed by atoms with Crippen LogP contribution in [0.15, 0.2) is 18.2 Å². The van der Waals surface area contributed by atoms with E-state index in [4.69, 9.17) is 5.11 Å². The molecule has 0 heterocycles. The van der Waals surface area contributed by atoms with Crippen LogP contribution >= 0.6 is 0 Å². The maximum atomic E-state index is 11.1. The molecule has 1 aromatic rings. The smallest absolute Gasteiger partial charge is 0.340 e. The van der Waals surface area contributed by atoms with E-state index >= 15 is 0 Å². The largest absolute Gasteiger partial charge is 0.507 e. The van der Waals surface area contributed by atoms with Gasteiger partial charge in [-0.1, -0.05) is 12.1 Å². The van der Waals surface area contributed by atoms with Crippen molar-refractivity contribution < 1.29 is 19.8 Å². The number of rotatable bonds is 1. The Hall–Kier alpha value is -2.10. The number of hydrogen-bond donors (Lipinski definition) is 2. The fourth-order valence-corrected chi connectivity index (χ4v) is 1.64. The molecule has 1 aliphatic rings. The van der Waals surface area contributed by atoms with E-state index in [9.17, 15) is 14.7 Å². The van der Waals surface area contributed by atoms with Crippen LogP contribution in [0.1, 0.15) is 21.5 Å². The molecule has 0 atom stereocenters. The molecule has 15 heavy (non-hydrogen) atoms. The highest BCUT2D eigenvalue weighted by Crippen LogP contribution is 2.28. The molecule has 0 saturated carbocycles. The van der Waals surface area contributed by atoms with Crippen molar-refractivity contribution >= 4 is 17.8 Å². The van der Waals surface area contributed by atoms with Gasteiger partial charge >= 0.3 is 5.97 Å². The van der Waals surface area contributed by atoms with Crippen LogP contribution in [0.3, 0.4) is 0 Å². The van der Waals surface area contributed by atoms with Crippen molar-refractivity contribution in [3.63, 3.8) is 0 Å². The average Bonchev–Trinajstić information content (AvgIpc) is 2.17. The summed E-state index contributed by atoms with van der Waals surface area (Å²) in [5, 5.41) is 18.3. The Balaban J connectivity index is 2.68. The molecular weight excluding hydrogens is 196 g/mol. The summed E-state index contributed by atoms with van der Waals surface area (Å²) in [5.41, 5.74) is 0.913. The van der Waals surface area contributed by atoms with Gasteiger partial charge in [-0.3, -0.25) is 4.79 Å². The Bertz CT molecular complexity index is 486. The molecule has 0 aliphatic heterocycles. The van der Waals surface area contributed by atoms with Crippen molar-refractivity contribution in [1.29, 1.82) is 0 Å². The van der Waals surface area contributed by atoms with Crippen molar-refractivity contribution in [2.75, 3.05) is 0 Å². The van der Waals surface area contributed by atoms with Gasteiger partial charge < -0.3 is 10.2 Å². The minimum absolute atomic E-state index is 0.0653. The molecule has 0 saturated heterocycles. The molecule has 0 spiro atoms. The first kappa shape index (κ1) is 9.45. The number of aromatic hydroxyl groups is 1. The number of fused-ring (bicyclic) bond motifs is 1. The number of aromatic carboxylic acids is 1. The minimum Gasteiger partial charge on any atom is -0.507 e. The normalized spacial score (nSPS) is 13.7. The van der Waals surface area contributed by atoms with E-state index in [0.717, 1.165) is 0 Å². The standard InChI is InChI=1S/C11H8O4/c12-7-2-3-8-6(5-7)1-4-9(13)10(8)11(14)15/h1-4,13H,5H2,(H,14,15). The summed E-state index contributed by atoms with van der Waals surface area (Å²) in [5.74, 6) is -1.53. The Kier molecular flexibility index (Phi) is 2.04. The SMILES string of the molecule is O=C1C=Cc2c(ccc(O)c2C(=O)O)C1. The van der Waals surface area contributed by atoms with Crippen LogP contribution in [-0.4, -0.2) is 22.0 Å². The third-order valence-corrected chi connectivity index (χ3v) is 2.33. The highest BCUT2D eigenvalue weighted by atomic mass is 16.4. The number of allylic oxidation sites excluding steroid dienone is 1. The predicted octanol–water partition coefficient (Wildman–Crippen LogP) is 1.23. The summed E-state index contributed by atoms with van der Waals surface area (Å²) in [6.45, 7) is 0. The number of benzene rings is 1. The summed E-state index contributed by atoms with van der Waals surface area (Å²) < 4.78 is 0. The maximum absolute atomic E-state index is 11.1. The molecule has 0 unspecified atom stereocenters. The Morgan fingerprint density at radius 2 is 2.00 bits per heavy atom. The molecule has 0 aromatic heterocycles. The van der Waals surface area contributed by atoms with Gasteiger partial charge in [-0.05, 0) is 23.3 Å². The number of carbonyl (C=O) groups is 2. The first-order chi connectivity index (χ1) is 7.09. The topological polar surface area (TPSA) is 74.6 Å². The summed E-state index contributed by atoms with van der Waals surface area (Å²) >= 11 is 0. The van der Waals surface area contributed by atoms with Crippen LogP contribution in [0.5, 0.6) is 5.75 Å². The van der Waals surface area contributed by atoms with Crippen LogP contribution < -0.4 is 0 Å². The second-order valence-corrected chi connectivity index (χ2v) is 3.31. The fourth-order valence-electron chi connectivity index (χ4n) is 1.64. The third-order valence-electron chi connectivity index (χ3n) is 2.33. The molecule has 2 rings (SSSR count). The summed E-state index contributed by atoms with van der Waals surface area (Å²) in [6.07, 6.45) is 2.95. The highest BCUT2D eigenvalue weighted by Gasteiger charge is 2.20. The van der Waals surface area contributed by atoms with Crippen molar-refractivity contribution in [3.8, 4) is 5.75 Å². The Labute approximate surface area is 85.5 Å². The maximum Gasteiger partial charge on any atom is 0.340 e. The van der Waals surface area contributed by atoms with Gasteiger partial charge in [0.15, 0.2) is 5.78 Å². The molecule has 2 N–H and O–H groups in total. The van der Waals surface area contributed by atoms with Gasteiger partial charge in [-0.25, -0.2) is 4.79 Å². The van der Waals surface area contributed by atoms with Crippen molar-refractivity contribution in [2.24, 2.45) is 0 Å². The Morgan fingerprint density at radius 3 is 2.67 bits per heavy atom. The summed E-state index contributed by atoms with van der Waals surface area (Å²) in [4.78, 5) is 22.0. The van der Waals surface area contributed by atoms with Gasteiger partial charge in [0.1, 0.15) is 11.3 Å². The molecule has 76 valence electrons. The molecule has 4 heteroatoms. The molecule has 0 amide bonds. The van der Waals surface area contributed by atoms with E-state index in [0.29, 0.717) is 11.1 Å². The number of carbonyl (C=O) groups excluding carboxylic acids is 1. The molecule has 0 bridgehead atoms. The lowest BCUT2D eigenvalue weighted by Crippen LogP contribution is -2.10. The summed E-state index contributed by atoms with van der Waals surface area (Å²) in [6, 6.07) is 2.87. The zero-order valence-corrected chi connectivity index (χ0v) is 7.73. The van der Waals surface area contributed by atoms with Crippen LogP contribution in [0.4, 0.5) is 0 Å². The molecular formula is C11H8O4. The van der Waals surface area contributed by atoms with Crippen molar-refractivity contribution in [2.45, 2.75) is 6.42 Å². The van der Waals surface area contributed by atoms with E-state index in [2.05, 4.69) is 0 Å². The van der Waals surface area contributed by atoms with Crippen LogP contribution in [-0.2, 0) is 11.2 Å². The van der Waals surface area contributed by atoms with Gasteiger partial charge in [0.25, 0.3) is 0 Å². The first-order valence-corrected chi connectivity index (χ1v) is 4.38. The van der Waals surface area contributed by atoms with Gasteiger partial charge in [0.05, 0.1) is 0 Å². The van der Waals surface area contributed by atoms with Crippen LogP contribution in [0.25, 0.3) is 6.08 Å². The summed E-state index contributed by atoms with van der Waals surface area (Å²) in [7, 11) is 0. The highest BCUT2D eigenvalue weighted by molar-refractivity contribution is 6.03. The average molecular weight is 204 g/mol. The number of hydrogen-bond acceptors (Lipinski definition) is 3. The molecule has 0 fully saturated rings. The van der Waals surface area contributed by atoms with Crippen molar-refractivity contribution in [3.05, 3.63) is 34.9 Å². The number of carboxylic acid groups (broad SMARTS) is 1. The Morgan fingerprint density at radius 1 is 1.27 bits per heavy atom. The predicted molar refractivity (Wildman–Crippen MR) is 52.8 cm³/mol. The van der Waals surface area contributed by atoms with Gasteiger partial charge in [-0.2, -0.15) is 0 Å². The molecule has 4 nitrogen and oxygen atoms in total. The zero-order chi connectivity index (χ0) is 11.0. The minimum atomic E-state index is -1.19. The van der Waals surface area contributed by atoms with E-state index in [1.54, 1.807) is 6.07 Å². The molecule has 1 aromatic carbocycles. The second-order valence-electron chi connectivity index (χ2n) is 3.31. The van der Waals surface area contributed by atoms with Crippen LogP contribution in [0.2, 0.25) is 0 Å². The second kappa shape index (κ2) is 3.24. The number of carboxylic acids is 1. The van der Waals surface area contributed by atoms with E-state index in [-0.39, 0.29) is 23.5 Å². The van der Waals surface area contributed by atoms with Gasteiger partial charge in [0, 0.05) is 6.42 Å². The number of ketones is 1. The monoisotopic (exact) mass is 204 g/mol. The number of phenols is 1. The van der Waals surface area contributed by atoms with Gasteiger partial charge in [0.2, 0.25) is 0 Å². The van der Waals surface area contributed by atoms with E-state index in [1.165, 1.54) is 18.2 Å². The lowest BCUT2D eigenvalue weighted by atomic mass is 9.92. The molecule has 1 aliphatic carbocycles. The van der Waals surface area contributed by atoms with Crippen LogP contribution in [0, 0.1) is 0 Å². The van der Waals surface area contributed by atoms with E-state index < -0.39 is 5.97 Å². The first-order valence-electron chi connectivity index (χ1n) is 4.38. The third kappa shape index (κ3) is 1.50. The van der Waals surface area contributed by atoms with Crippen molar-refractivity contribution in [1.82, 2.24) is 0 Å².